The Hall–Kier alpha value is -1.50. The van der Waals surface area contributed by atoms with Crippen LogP contribution >= 0.6 is 0 Å². The summed E-state index contributed by atoms with van der Waals surface area (Å²) in [6.45, 7) is 0. The highest BCUT2D eigenvalue weighted by Gasteiger charge is 2.04. The summed E-state index contributed by atoms with van der Waals surface area (Å²) in [5, 5.41) is 9.05. The quantitative estimate of drug-likeness (QED) is 0.553. The molecule has 0 aliphatic heterocycles. The van der Waals surface area contributed by atoms with Crippen molar-refractivity contribution in [1.82, 2.24) is 0 Å². The summed E-state index contributed by atoms with van der Waals surface area (Å²) in [7, 11) is 0. The third-order valence-corrected chi connectivity index (χ3v) is 1.73. The molecule has 0 aromatic heterocycles. The molecule has 1 nitrogen and oxygen atoms in total. The second kappa shape index (κ2) is 2.27. The van der Waals surface area contributed by atoms with E-state index in [0.717, 1.165) is 11.1 Å². The van der Waals surface area contributed by atoms with Crippen LogP contribution in [0, 0.1) is 0 Å². The zero-order valence-corrected chi connectivity index (χ0v) is 5.99. The summed E-state index contributed by atoms with van der Waals surface area (Å²) in [6, 6.07) is 0. The normalized spacial score (nSPS) is 20.2. The minimum absolute atomic E-state index is 0.334. The number of hydrogen-bond donors (Lipinski definition) is 1. The van der Waals surface area contributed by atoms with Gasteiger partial charge < -0.3 is 5.11 Å². The molecule has 11 heavy (non-hydrogen) atoms. The molecule has 0 spiro atoms. The van der Waals surface area contributed by atoms with Gasteiger partial charge in [-0.1, -0.05) is 30.4 Å². The molecule has 0 radical (unpaired) electrons. The Labute approximate surface area is 65.4 Å². The Morgan fingerprint density at radius 3 is 2.09 bits per heavy atom. The molecule has 0 amide bonds. The van der Waals surface area contributed by atoms with E-state index < -0.39 is 0 Å². The van der Waals surface area contributed by atoms with E-state index in [1.807, 2.05) is 30.4 Å². The topological polar surface area (TPSA) is 20.2 Å². The standard InChI is InChI=1S/C10H8O/c11-10-6-5-9(7-10)8-3-1-2-4-8/h1-7,11H. The largest absolute Gasteiger partial charge is 0.508 e. The molecule has 0 heterocycles. The van der Waals surface area contributed by atoms with E-state index in [-0.39, 0.29) is 0 Å². The summed E-state index contributed by atoms with van der Waals surface area (Å²) >= 11 is 0. The first-order chi connectivity index (χ1) is 5.36. The van der Waals surface area contributed by atoms with E-state index in [4.69, 9.17) is 5.11 Å². The van der Waals surface area contributed by atoms with Crippen LogP contribution in [0.15, 0.2) is 59.4 Å². The van der Waals surface area contributed by atoms with Gasteiger partial charge in [-0.25, -0.2) is 0 Å². The van der Waals surface area contributed by atoms with Gasteiger partial charge in [-0.2, -0.15) is 0 Å². The lowest BCUT2D eigenvalue weighted by Gasteiger charge is -1.91. The average molecular weight is 144 g/mol. The van der Waals surface area contributed by atoms with Crippen molar-refractivity contribution >= 4 is 0 Å². The summed E-state index contributed by atoms with van der Waals surface area (Å²) < 4.78 is 0. The monoisotopic (exact) mass is 144 g/mol. The molecule has 0 saturated heterocycles. The molecule has 54 valence electrons. The Morgan fingerprint density at radius 1 is 0.818 bits per heavy atom. The van der Waals surface area contributed by atoms with Gasteiger partial charge in [0.2, 0.25) is 0 Å². The van der Waals surface area contributed by atoms with Gasteiger partial charge in [-0.15, -0.1) is 0 Å². The number of allylic oxidation sites excluding steroid dienone is 9. The molecule has 0 fully saturated rings. The van der Waals surface area contributed by atoms with E-state index in [1.165, 1.54) is 0 Å². The van der Waals surface area contributed by atoms with Crippen molar-refractivity contribution in [3.8, 4) is 0 Å². The van der Waals surface area contributed by atoms with Crippen LogP contribution in [0.4, 0.5) is 0 Å². The molecule has 0 aromatic carbocycles. The van der Waals surface area contributed by atoms with Gasteiger partial charge >= 0.3 is 0 Å². The number of rotatable bonds is 0. The van der Waals surface area contributed by atoms with Crippen LogP contribution < -0.4 is 0 Å². The molecule has 0 unspecified atom stereocenters. The fourth-order valence-corrected chi connectivity index (χ4v) is 1.18. The second-order valence-corrected chi connectivity index (χ2v) is 2.53. The van der Waals surface area contributed by atoms with E-state index >= 15 is 0 Å². The fourth-order valence-electron chi connectivity index (χ4n) is 1.18. The lowest BCUT2D eigenvalue weighted by atomic mass is 10.1. The van der Waals surface area contributed by atoms with Crippen molar-refractivity contribution in [2.24, 2.45) is 0 Å². The van der Waals surface area contributed by atoms with E-state index in [9.17, 15) is 0 Å². The van der Waals surface area contributed by atoms with Crippen LogP contribution in [-0.2, 0) is 0 Å². The first-order valence-corrected chi connectivity index (χ1v) is 3.54. The zero-order valence-electron chi connectivity index (χ0n) is 5.99. The summed E-state index contributed by atoms with van der Waals surface area (Å²) in [4.78, 5) is 0. The third-order valence-electron chi connectivity index (χ3n) is 1.73. The zero-order chi connectivity index (χ0) is 7.68. The summed E-state index contributed by atoms with van der Waals surface area (Å²) in [5.74, 6) is 0.334. The van der Waals surface area contributed by atoms with Crippen molar-refractivity contribution in [2.75, 3.05) is 0 Å². The van der Waals surface area contributed by atoms with Gasteiger partial charge in [0.05, 0.1) is 0 Å². The Morgan fingerprint density at radius 2 is 1.55 bits per heavy atom. The van der Waals surface area contributed by atoms with E-state index in [1.54, 1.807) is 12.2 Å². The first-order valence-electron chi connectivity index (χ1n) is 3.54. The smallest absolute Gasteiger partial charge is 0.116 e. The molecule has 0 aromatic rings. The molecule has 2 aliphatic carbocycles. The van der Waals surface area contributed by atoms with Crippen molar-refractivity contribution in [1.29, 1.82) is 0 Å². The number of aliphatic hydroxyl groups is 1. The van der Waals surface area contributed by atoms with Crippen LogP contribution in [0.5, 0.6) is 0 Å². The van der Waals surface area contributed by atoms with Crippen molar-refractivity contribution < 1.29 is 5.11 Å². The number of aliphatic hydroxyl groups excluding tert-OH is 1. The van der Waals surface area contributed by atoms with Gasteiger partial charge in [0.25, 0.3) is 0 Å². The maximum absolute atomic E-state index is 9.05. The highest BCUT2D eigenvalue weighted by molar-refractivity contribution is 5.55. The molecular weight excluding hydrogens is 136 g/mol. The molecule has 1 N–H and O–H groups in total. The maximum atomic E-state index is 9.05. The van der Waals surface area contributed by atoms with Gasteiger partial charge in [-0.05, 0) is 23.3 Å². The second-order valence-electron chi connectivity index (χ2n) is 2.53. The number of hydrogen-bond acceptors (Lipinski definition) is 1. The lowest BCUT2D eigenvalue weighted by molar-refractivity contribution is 0.434. The van der Waals surface area contributed by atoms with Crippen LogP contribution in [-0.4, -0.2) is 5.11 Å². The van der Waals surface area contributed by atoms with Gasteiger partial charge in [0.1, 0.15) is 5.76 Å². The SMILES string of the molecule is OC1=CC(=C2C=CC=C2)C=C1. The van der Waals surface area contributed by atoms with E-state index in [2.05, 4.69) is 0 Å². The fraction of sp³-hybridized carbons (Fsp3) is 0. The third kappa shape index (κ3) is 1.05. The summed E-state index contributed by atoms with van der Waals surface area (Å²) in [6.07, 6.45) is 13.4. The Balaban J connectivity index is 2.44. The van der Waals surface area contributed by atoms with E-state index in [0.29, 0.717) is 5.76 Å². The van der Waals surface area contributed by atoms with Crippen molar-refractivity contribution in [3.63, 3.8) is 0 Å². The predicted octanol–water partition coefficient (Wildman–Crippen LogP) is 2.42. The maximum Gasteiger partial charge on any atom is 0.116 e. The minimum atomic E-state index is 0.334. The van der Waals surface area contributed by atoms with Gasteiger partial charge in [-0.3, -0.25) is 0 Å². The predicted molar refractivity (Wildman–Crippen MR) is 45.2 cm³/mol. The van der Waals surface area contributed by atoms with Gasteiger partial charge in [0.15, 0.2) is 0 Å². The average Bonchev–Trinajstić information content (AvgIpc) is 2.55. The molecule has 2 rings (SSSR count). The Kier molecular flexibility index (Phi) is 1.29. The highest BCUT2D eigenvalue weighted by Crippen LogP contribution is 2.21. The first kappa shape index (κ1) is 6.23. The molecule has 0 atom stereocenters. The lowest BCUT2D eigenvalue weighted by Crippen LogP contribution is -1.74. The molecule has 1 heteroatoms. The van der Waals surface area contributed by atoms with Crippen LogP contribution in [0.1, 0.15) is 0 Å². The molecular formula is C10H8O. The summed E-state index contributed by atoms with van der Waals surface area (Å²) in [5.41, 5.74) is 2.23. The van der Waals surface area contributed by atoms with Crippen molar-refractivity contribution in [2.45, 2.75) is 0 Å². The Bertz CT molecular complexity index is 311. The van der Waals surface area contributed by atoms with Crippen LogP contribution in [0.25, 0.3) is 0 Å². The molecule has 0 saturated carbocycles. The van der Waals surface area contributed by atoms with Crippen LogP contribution in [0.3, 0.4) is 0 Å². The van der Waals surface area contributed by atoms with Crippen LogP contribution in [0.2, 0.25) is 0 Å². The minimum Gasteiger partial charge on any atom is -0.508 e. The van der Waals surface area contributed by atoms with Gasteiger partial charge in [0, 0.05) is 0 Å². The molecule has 2 aliphatic rings. The molecule has 0 bridgehead atoms. The van der Waals surface area contributed by atoms with Crippen molar-refractivity contribution in [3.05, 3.63) is 59.4 Å². The highest BCUT2D eigenvalue weighted by atomic mass is 16.3.